The van der Waals surface area contributed by atoms with Crippen molar-refractivity contribution in [1.29, 1.82) is 0 Å². The monoisotopic (exact) mass is 526 g/mol. The van der Waals surface area contributed by atoms with Crippen LogP contribution in [0.4, 0.5) is 0 Å². The lowest BCUT2D eigenvalue weighted by Gasteiger charge is -2.17. The van der Waals surface area contributed by atoms with Gasteiger partial charge in [0.2, 0.25) is 0 Å². The molecule has 4 aromatic heterocycles. The number of carbonyl (C=O) groups excluding carboxylic acids is 1. The number of aromatic amines is 1. The van der Waals surface area contributed by atoms with Gasteiger partial charge >= 0.3 is 0 Å². The molecule has 5 rings (SSSR count). The Balaban J connectivity index is 1.77. The van der Waals surface area contributed by atoms with Gasteiger partial charge in [-0.2, -0.15) is 5.10 Å². The smallest absolute Gasteiger partial charge is 0.274 e. The molecular weight excluding hydrogens is 492 g/mol. The second-order valence-corrected chi connectivity index (χ2v) is 11.2. The Morgan fingerprint density at radius 3 is 2.59 bits per heavy atom. The minimum atomic E-state index is -0.267. The maximum absolute atomic E-state index is 13.1. The van der Waals surface area contributed by atoms with Crippen molar-refractivity contribution in [2.45, 2.75) is 48.1 Å². The topological polar surface area (TPSA) is 107 Å². The van der Waals surface area contributed by atoms with Gasteiger partial charge in [0.1, 0.15) is 17.0 Å². The van der Waals surface area contributed by atoms with Crippen LogP contribution in [0.25, 0.3) is 32.9 Å². The third-order valence-electron chi connectivity index (χ3n) is 6.62. The molecule has 9 nitrogen and oxygen atoms in total. The minimum absolute atomic E-state index is 0.0542. The van der Waals surface area contributed by atoms with E-state index in [4.69, 9.17) is 9.84 Å². The first-order valence-corrected chi connectivity index (χ1v) is 13.1. The number of rotatable bonds is 6. The first-order valence-electron chi connectivity index (χ1n) is 13.1. The number of pyridine rings is 2. The molecule has 1 aromatic carbocycles. The zero-order valence-corrected chi connectivity index (χ0v) is 23.5. The fraction of sp³-hybridized carbons (Fsp3) is 0.333. The number of aryl methyl sites for hydroxylation is 3. The maximum Gasteiger partial charge on any atom is 0.274 e. The predicted octanol–water partition coefficient (Wildman–Crippen LogP) is 5.48. The number of ether oxygens (including phenoxy) is 1. The summed E-state index contributed by atoms with van der Waals surface area (Å²) in [4.78, 5) is 33.2. The second-order valence-electron chi connectivity index (χ2n) is 11.2. The summed E-state index contributed by atoms with van der Waals surface area (Å²) >= 11 is 0. The molecule has 0 atom stereocenters. The highest BCUT2D eigenvalue weighted by Gasteiger charge is 2.21. The number of hydrogen-bond donors (Lipinski definition) is 2. The van der Waals surface area contributed by atoms with E-state index in [0.29, 0.717) is 34.6 Å². The van der Waals surface area contributed by atoms with Crippen molar-refractivity contribution in [3.05, 3.63) is 70.2 Å². The highest BCUT2D eigenvalue weighted by atomic mass is 16.5. The van der Waals surface area contributed by atoms with Crippen molar-refractivity contribution in [3.63, 3.8) is 0 Å². The molecule has 9 heteroatoms. The third kappa shape index (κ3) is 5.04. The third-order valence-corrected chi connectivity index (χ3v) is 6.62. The molecule has 202 valence electrons. The number of amides is 1. The van der Waals surface area contributed by atoms with E-state index >= 15 is 0 Å². The molecule has 0 spiro atoms. The lowest BCUT2D eigenvalue weighted by Crippen LogP contribution is -2.23. The summed E-state index contributed by atoms with van der Waals surface area (Å²) in [6.07, 6.45) is 5.57. The lowest BCUT2D eigenvalue weighted by molar-refractivity contribution is 0.0951. The number of fused-ring (bicyclic) bond motifs is 2. The van der Waals surface area contributed by atoms with Crippen molar-refractivity contribution in [1.82, 2.24) is 29.6 Å². The van der Waals surface area contributed by atoms with E-state index in [2.05, 4.69) is 36.1 Å². The summed E-state index contributed by atoms with van der Waals surface area (Å²) in [5.74, 6) is 1.02. The largest absolute Gasteiger partial charge is 0.455 e. The zero-order chi connectivity index (χ0) is 28.1. The van der Waals surface area contributed by atoms with E-state index in [9.17, 15) is 9.59 Å². The minimum Gasteiger partial charge on any atom is -0.455 e. The van der Waals surface area contributed by atoms with Gasteiger partial charge in [-0.05, 0) is 56.0 Å². The molecule has 5 aromatic rings. The Kier molecular flexibility index (Phi) is 6.54. The van der Waals surface area contributed by atoms with Gasteiger partial charge in [-0.1, -0.05) is 20.8 Å². The van der Waals surface area contributed by atoms with Crippen LogP contribution in [-0.2, 0) is 13.6 Å². The van der Waals surface area contributed by atoms with Gasteiger partial charge in [-0.25, -0.2) is 0 Å². The van der Waals surface area contributed by atoms with Crippen LogP contribution in [0, 0.1) is 19.3 Å². The van der Waals surface area contributed by atoms with E-state index < -0.39 is 0 Å². The Morgan fingerprint density at radius 1 is 1.13 bits per heavy atom. The molecule has 0 saturated heterocycles. The van der Waals surface area contributed by atoms with Gasteiger partial charge in [0.25, 0.3) is 11.5 Å². The van der Waals surface area contributed by atoms with E-state index in [1.165, 1.54) is 4.57 Å². The fourth-order valence-electron chi connectivity index (χ4n) is 4.84. The van der Waals surface area contributed by atoms with Gasteiger partial charge in [0.15, 0.2) is 5.75 Å². The number of H-pyrrole nitrogens is 1. The van der Waals surface area contributed by atoms with Gasteiger partial charge in [0, 0.05) is 60.6 Å². The molecule has 0 aliphatic heterocycles. The summed E-state index contributed by atoms with van der Waals surface area (Å²) in [7, 11) is 1.70. The molecule has 2 N–H and O–H groups in total. The van der Waals surface area contributed by atoms with Gasteiger partial charge in [-0.15, -0.1) is 0 Å². The first-order chi connectivity index (χ1) is 18.4. The van der Waals surface area contributed by atoms with Crippen LogP contribution in [0.5, 0.6) is 11.5 Å². The van der Waals surface area contributed by atoms with Gasteiger partial charge in [0.05, 0.1) is 11.2 Å². The summed E-state index contributed by atoms with van der Waals surface area (Å²) in [6.45, 7) is 13.5. The van der Waals surface area contributed by atoms with Crippen LogP contribution >= 0.6 is 0 Å². The van der Waals surface area contributed by atoms with Crippen LogP contribution in [0.1, 0.15) is 49.4 Å². The molecule has 1 amide bonds. The standard InChI is InChI=1S/C30H34N6O3/c1-8-31-28(37)24-13-21-22(15-35(7)29(38)26(21)33-24)20-12-23-19(14-36(34-23)16-30(4,5)6)11-25(20)39-27-17(2)9-10-32-18(27)3/h9-15,33H,8,16H2,1-7H3,(H,31,37). The molecule has 39 heavy (non-hydrogen) atoms. The Labute approximate surface area is 226 Å². The number of nitrogens with zero attached hydrogens (tertiary/aromatic N) is 4. The predicted molar refractivity (Wildman–Crippen MR) is 154 cm³/mol. The number of benzene rings is 1. The van der Waals surface area contributed by atoms with Gasteiger partial charge < -0.3 is 19.6 Å². The summed E-state index contributed by atoms with van der Waals surface area (Å²) in [5, 5.41) is 9.22. The molecule has 0 fully saturated rings. The number of aromatic nitrogens is 5. The fourth-order valence-corrected chi connectivity index (χ4v) is 4.84. The number of nitrogens with one attached hydrogen (secondary N) is 2. The van der Waals surface area contributed by atoms with Crippen molar-refractivity contribution in [3.8, 4) is 22.6 Å². The Bertz CT molecular complexity index is 1760. The molecule has 0 unspecified atom stereocenters. The van der Waals surface area contributed by atoms with E-state index in [-0.39, 0.29) is 16.9 Å². The van der Waals surface area contributed by atoms with Crippen molar-refractivity contribution in [2.24, 2.45) is 12.5 Å². The average molecular weight is 527 g/mol. The number of carbonyl (C=O) groups is 1. The molecule has 0 bridgehead atoms. The van der Waals surface area contributed by atoms with E-state index in [1.54, 1.807) is 25.5 Å². The molecule has 0 saturated carbocycles. The van der Waals surface area contributed by atoms with E-state index in [0.717, 1.165) is 39.8 Å². The Hall–Kier alpha value is -4.40. The Morgan fingerprint density at radius 2 is 1.90 bits per heavy atom. The highest BCUT2D eigenvalue weighted by molar-refractivity contribution is 6.04. The molecule has 4 heterocycles. The highest BCUT2D eigenvalue weighted by Crippen LogP contribution is 2.40. The second kappa shape index (κ2) is 9.72. The van der Waals surface area contributed by atoms with Gasteiger partial charge in [-0.3, -0.25) is 19.3 Å². The van der Waals surface area contributed by atoms with Crippen molar-refractivity contribution in [2.75, 3.05) is 6.54 Å². The van der Waals surface area contributed by atoms with Crippen LogP contribution in [-0.4, -0.2) is 36.8 Å². The van der Waals surface area contributed by atoms with Crippen LogP contribution in [0.2, 0.25) is 0 Å². The number of hydrogen-bond acceptors (Lipinski definition) is 5. The van der Waals surface area contributed by atoms with Crippen LogP contribution in [0.15, 0.2) is 47.7 Å². The average Bonchev–Trinajstić information content (AvgIpc) is 3.46. The zero-order valence-electron chi connectivity index (χ0n) is 23.5. The van der Waals surface area contributed by atoms with Crippen molar-refractivity contribution >= 4 is 27.7 Å². The lowest BCUT2D eigenvalue weighted by atomic mass is 9.97. The summed E-state index contributed by atoms with van der Waals surface area (Å²) in [6, 6.07) is 7.61. The normalized spacial score (nSPS) is 11.9. The molecule has 0 aliphatic rings. The van der Waals surface area contributed by atoms with Crippen molar-refractivity contribution < 1.29 is 9.53 Å². The first kappa shape index (κ1) is 26.2. The molecule has 0 aliphatic carbocycles. The maximum atomic E-state index is 13.1. The van der Waals surface area contributed by atoms with Crippen LogP contribution < -0.4 is 15.6 Å². The molecule has 0 radical (unpaired) electrons. The molecular formula is C30H34N6O3. The summed E-state index contributed by atoms with van der Waals surface area (Å²) in [5.41, 5.74) is 4.57. The SMILES string of the molecule is CCNC(=O)c1cc2c(-c3cc4nn(CC(C)(C)C)cc4cc3Oc3c(C)ccnc3C)cn(C)c(=O)c2[nH]1. The summed E-state index contributed by atoms with van der Waals surface area (Å²) < 4.78 is 10.1. The quantitative estimate of drug-likeness (QED) is 0.305. The van der Waals surface area contributed by atoms with E-state index in [1.807, 2.05) is 49.8 Å². The van der Waals surface area contributed by atoms with Crippen LogP contribution in [0.3, 0.4) is 0 Å².